The first-order chi connectivity index (χ1) is 11.0. The van der Waals surface area contributed by atoms with Crippen LogP contribution in [0.25, 0.3) is 0 Å². The van der Waals surface area contributed by atoms with Crippen molar-refractivity contribution in [3.8, 4) is 0 Å². The summed E-state index contributed by atoms with van der Waals surface area (Å²) in [7, 11) is -3.96. The van der Waals surface area contributed by atoms with Gasteiger partial charge in [-0.1, -0.05) is 6.07 Å². The summed E-state index contributed by atoms with van der Waals surface area (Å²) in [6.45, 7) is 1.07. The maximum atomic E-state index is 12.4. The van der Waals surface area contributed by atoms with Gasteiger partial charge in [0, 0.05) is 11.9 Å². The second-order valence-corrected chi connectivity index (χ2v) is 6.50. The zero-order chi connectivity index (χ0) is 18.1. The molecular formula is C13H13F3N4O3S. The highest BCUT2D eigenvalue weighted by Crippen LogP contribution is 2.27. The average molecular weight is 362 g/mol. The van der Waals surface area contributed by atoms with Gasteiger partial charge in [-0.3, -0.25) is 9.48 Å². The number of primary sulfonamides is 1. The monoisotopic (exact) mass is 362 g/mol. The quantitative estimate of drug-likeness (QED) is 0.859. The van der Waals surface area contributed by atoms with Gasteiger partial charge in [0.2, 0.25) is 15.9 Å². The van der Waals surface area contributed by atoms with Crippen molar-refractivity contribution in [3.63, 3.8) is 0 Å². The molecule has 2 aromatic rings. The minimum absolute atomic E-state index is 0.151. The van der Waals surface area contributed by atoms with Crippen molar-refractivity contribution in [1.29, 1.82) is 0 Å². The molecule has 0 atom stereocenters. The number of nitrogens with zero attached hydrogens (tertiary/aromatic N) is 2. The fourth-order valence-electron chi connectivity index (χ4n) is 1.93. The Bertz CT molecular complexity index is 875. The number of carbonyl (C=O) groups excluding carboxylic acids is 1. The molecule has 0 saturated heterocycles. The first kappa shape index (κ1) is 17.9. The molecule has 0 spiro atoms. The van der Waals surface area contributed by atoms with Crippen LogP contribution in [-0.2, 0) is 27.5 Å². The normalized spacial score (nSPS) is 12.2. The first-order valence-electron chi connectivity index (χ1n) is 6.51. The molecule has 11 heteroatoms. The van der Waals surface area contributed by atoms with Gasteiger partial charge in [-0.2, -0.15) is 18.3 Å². The lowest BCUT2D eigenvalue weighted by Crippen LogP contribution is -2.20. The SMILES string of the molecule is Cc1ccc(NC(=O)Cn2ccc(C(F)(F)F)n2)cc1S(N)(=O)=O. The zero-order valence-corrected chi connectivity index (χ0v) is 13.1. The van der Waals surface area contributed by atoms with E-state index in [1.165, 1.54) is 25.1 Å². The van der Waals surface area contributed by atoms with Crippen molar-refractivity contribution >= 4 is 21.6 Å². The summed E-state index contributed by atoms with van der Waals surface area (Å²) in [4.78, 5) is 11.7. The molecule has 1 aromatic heterocycles. The van der Waals surface area contributed by atoms with Crippen molar-refractivity contribution in [2.45, 2.75) is 24.5 Å². The number of carbonyl (C=O) groups is 1. The molecule has 7 nitrogen and oxygen atoms in total. The molecule has 0 radical (unpaired) electrons. The number of benzene rings is 1. The van der Waals surface area contributed by atoms with Gasteiger partial charge in [0.05, 0.1) is 4.90 Å². The lowest BCUT2D eigenvalue weighted by atomic mass is 10.2. The highest BCUT2D eigenvalue weighted by molar-refractivity contribution is 7.89. The summed E-state index contributed by atoms with van der Waals surface area (Å²) >= 11 is 0. The van der Waals surface area contributed by atoms with Crippen LogP contribution in [0.1, 0.15) is 11.3 Å². The Kier molecular flexibility index (Phi) is 4.67. The van der Waals surface area contributed by atoms with E-state index in [0.29, 0.717) is 5.56 Å². The van der Waals surface area contributed by atoms with Crippen molar-refractivity contribution in [1.82, 2.24) is 9.78 Å². The number of halogens is 3. The number of nitrogens with one attached hydrogen (secondary N) is 1. The number of rotatable bonds is 4. The van der Waals surface area contributed by atoms with Gasteiger partial charge in [-0.05, 0) is 30.7 Å². The zero-order valence-electron chi connectivity index (χ0n) is 12.3. The van der Waals surface area contributed by atoms with E-state index < -0.39 is 34.3 Å². The van der Waals surface area contributed by atoms with E-state index in [2.05, 4.69) is 10.4 Å². The van der Waals surface area contributed by atoms with Crippen LogP contribution in [0.2, 0.25) is 0 Å². The van der Waals surface area contributed by atoms with Gasteiger partial charge in [0.15, 0.2) is 5.69 Å². The number of hydrogen-bond acceptors (Lipinski definition) is 4. The third-order valence-corrected chi connectivity index (χ3v) is 4.07. The minimum Gasteiger partial charge on any atom is -0.324 e. The molecular weight excluding hydrogens is 349 g/mol. The van der Waals surface area contributed by atoms with E-state index in [9.17, 15) is 26.4 Å². The molecule has 130 valence electrons. The molecule has 1 heterocycles. The predicted octanol–water partition coefficient (Wildman–Crippen LogP) is 1.50. The number of anilines is 1. The standard InChI is InChI=1S/C13H13F3N4O3S/c1-8-2-3-9(6-10(8)24(17,22)23)18-12(21)7-20-5-4-11(19-20)13(14,15)16/h2-6H,7H2,1H3,(H,18,21)(H2,17,22,23). The van der Waals surface area contributed by atoms with E-state index >= 15 is 0 Å². The second-order valence-electron chi connectivity index (χ2n) is 4.97. The van der Waals surface area contributed by atoms with Crippen molar-refractivity contribution in [2.75, 3.05) is 5.32 Å². The van der Waals surface area contributed by atoms with Crippen LogP contribution < -0.4 is 10.5 Å². The Morgan fingerprint density at radius 3 is 2.54 bits per heavy atom. The van der Waals surface area contributed by atoms with Crippen LogP contribution in [0.5, 0.6) is 0 Å². The Morgan fingerprint density at radius 1 is 1.33 bits per heavy atom. The molecule has 0 aliphatic carbocycles. The van der Waals surface area contributed by atoms with Gasteiger partial charge in [-0.25, -0.2) is 13.6 Å². The molecule has 3 N–H and O–H groups in total. The Hall–Kier alpha value is -2.40. The molecule has 0 bridgehead atoms. The third-order valence-electron chi connectivity index (χ3n) is 3.02. The molecule has 1 amide bonds. The van der Waals surface area contributed by atoms with Crippen molar-refractivity contribution in [3.05, 3.63) is 41.7 Å². The van der Waals surface area contributed by atoms with Crippen LogP contribution in [-0.4, -0.2) is 24.1 Å². The van der Waals surface area contributed by atoms with E-state index in [4.69, 9.17) is 5.14 Å². The lowest BCUT2D eigenvalue weighted by molar-refractivity contribution is -0.141. The number of sulfonamides is 1. The van der Waals surface area contributed by atoms with Gasteiger partial charge >= 0.3 is 6.18 Å². The number of aryl methyl sites for hydroxylation is 1. The second kappa shape index (κ2) is 6.24. The molecule has 24 heavy (non-hydrogen) atoms. The number of hydrogen-bond donors (Lipinski definition) is 2. The van der Waals surface area contributed by atoms with Crippen LogP contribution in [0.4, 0.5) is 18.9 Å². The van der Waals surface area contributed by atoms with Crippen LogP contribution >= 0.6 is 0 Å². The number of alkyl halides is 3. The smallest absolute Gasteiger partial charge is 0.324 e. The average Bonchev–Trinajstić information content (AvgIpc) is 2.88. The summed E-state index contributed by atoms with van der Waals surface area (Å²) < 4.78 is 61.0. The lowest BCUT2D eigenvalue weighted by Gasteiger charge is -2.09. The molecule has 0 fully saturated rings. The fourth-order valence-corrected chi connectivity index (χ4v) is 2.74. The minimum atomic E-state index is -4.59. The van der Waals surface area contributed by atoms with E-state index in [1.807, 2.05) is 0 Å². The predicted molar refractivity (Wildman–Crippen MR) is 78.4 cm³/mol. The molecule has 1 aromatic carbocycles. The Balaban J connectivity index is 2.12. The first-order valence-corrected chi connectivity index (χ1v) is 8.05. The fraction of sp³-hybridized carbons (Fsp3) is 0.231. The van der Waals surface area contributed by atoms with Gasteiger partial charge in [0.25, 0.3) is 0 Å². The summed E-state index contributed by atoms with van der Waals surface area (Å²) in [6, 6.07) is 4.82. The Morgan fingerprint density at radius 2 is 2.00 bits per heavy atom. The summed E-state index contributed by atoms with van der Waals surface area (Å²) in [5, 5.41) is 10.7. The number of aromatic nitrogens is 2. The topological polar surface area (TPSA) is 107 Å². The van der Waals surface area contributed by atoms with Crippen LogP contribution in [0.3, 0.4) is 0 Å². The third kappa shape index (κ3) is 4.32. The van der Waals surface area contributed by atoms with Crippen LogP contribution in [0, 0.1) is 6.92 Å². The van der Waals surface area contributed by atoms with Gasteiger partial charge in [-0.15, -0.1) is 0 Å². The molecule has 0 aliphatic rings. The number of amides is 1. The van der Waals surface area contributed by atoms with E-state index in [1.54, 1.807) is 0 Å². The highest BCUT2D eigenvalue weighted by Gasteiger charge is 2.33. The summed E-state index contributed by atoms with van der Waals surface area (Å²) in [5.41, 5.74) is -0.558. The molecule has 0 saturated carbocycles. The van der Waals surface area contributed by atoms with Crippen LogP contribution in [0.15, 0.2) is 35.4 Å². The maximum absolute atomic E-state index is 12.4. The molecule has 0 unspecified atom stereocenters. The largest absolute Gasteiger partial charge is 0.435 e. The summed E-state index contributed by atoms with van der Waals surface area (Å²) in [6.07, 6.45) is -3.57. The van der Waals surface area contributed by atoms with Gasteiger partial charge < -0.3 is 5.32 Å². The number of nitrogens with two attached hydrogens (primary N) is 1. The van der Waals surface area contributed by atoms with Crippen molar-refractivity contribution < 1.29 is 26.4 Å². The molecule has 2 rings (SSSR count). The maximum Gasteiger partial charge on any atom is 0.435 e. The van der Waals surface area contributed by atoms with E-state index in [0.717, 1.165) is 16.9 Å². The molecule has 0 aliphatic heterocycles. The summed E-state index contributed by atoms with van der Waals surface area (Å²) in [5.74, 6) is -0.670. The van der Waals surface area contributed by atoms with Crippen molar-refractivity contribution in [2.24, 2.45) is 5.14 Å². The highest BCUT2D eigenvalue weighted by atomic mass is 32.2. The Labute approximate surface area is 135 Å². The van der Waals surface area contributed by atoms with Gasteiger partial charge in [0.1, 0.15) is 6.54 Å². The van der Waals surface area contributed by atoms with E-state index in [-0.39, 0.29) is 10.6 Å².